The molecule has 0 aromatic rings. The molecular formula is C7H12N2O4S. The molecule has 3 amide bonds. The molecule has 1 fully saturated rings. The first-order valence-electron chi connectivity index (χ1n) is 4.17. The Morgan fingerprint density at radius 3 is 2.43 bits per heavy atom. The molecule has 1 aliphatic rings. The Morgan fingerprint density at radius 1 is 1.36 bits per heavy atom. The molecule has 14 heavy (non-hydrogen) atoms. The van der Waals surface area contributed by atoms with E-state index in [1.165, 1.54) is 6.92 Å². The Kier molecular flexibility index (Phi) is 3.10. The fraction of sp³-hybridized carbons (Fsp3) is 0.714. The van der Waals surface area contributed by atoms with Gasteiger partial charge in [-0.25, -0.2) is 13.2 Å². The number of amides is 3. The number of carbonyl (C=O) groups excluding carboxylic acids is 2. The van der Waals surface area contributed by atoms with E-state index in [0.29, 0.717) is 6.42 Å². The molecule has 1 aliphatic heterocycles. The van der Waals surface area contributed by atoms with Crippen LogP contribution in [-0.4, -0.2) is 37.9 Å². The van der Waals surface area contributed by atoms with Crippen molar-refractivity contribution in [2.45, 2.75) is 19.4 Å². The third-order valence-corrected chi connectivity index (χ3v) is 3.63. The molecule has 80 valence electrons. The largest absolute Gasteiger partial charge is 0.334 e. The van der Waals surface area contributed by atoms with Crippen molar-refractivity contribution in [2.75, 3.05) is 11.5 Å². The lowest BCUT2D eigenvalue weighted by atomic mass is 10.3. The van der Waals surface area contributed by atoms with E-state index in [1.54, 1.807) is 0 Å². The quantitative estimate of drug-likeness (QED) is 0.594. The summed E-state index contributed by atoms with van der Waals surface area (Å²) in [6, 6.07) is -1.01. The predicted molar refractivity (Wildman–Crippen MR) is 49.4 cm³/mol. The molecule has 0 aromatic heterocycles. The molecule has 0 bridgehead atoms. The van der Waals surface area contributed by atoms with Gasteiger partial charge in [0.15, 0.2) is 9.84 Å². The van der Waals surface area contributed by atoms with E-state index in [9.17, 15) is 18.0 Å². The van der Waals surface area contributed by atoms with Gasteiger partial charge in [-0.1, -0.05) is 0 Å². The highest BCUT2D eigenvalue weighted by Gasteiger charge is 2.28. The van der Waals surface area contributed by atoms with E-state index in [2.05, 4.69) is 5.32 Å². The molecule has 7 heteroatoms. The van der Waals surface area contributed by atoms with Gasteiger partial charge in [-0.05, 0) is 6.42 Å². The van der Waals surface area contributed by atoms with Crippen LogP contribution in [0, 0.1) is 0 Å². The number of sulfone groups is 1. The zero-order chi connectivity index (χ0) is 10.8. The smallest absolute Gasteiger partial charge is 0.321 e. The van der Waals surface area contributed by atoms with E-state index in [4.69, 9.17) is 0 Å². The molecule has 0 saturated carbocycles. The summed E-state index contributed by atoms with van der Waals surface area (Å²) in [4.78, 5) is 21.4. The van der Waals surface area contributed by atoms with E-state index in [1.807, 2.05) is 5.32 Å². The second-order valence-corrected chi connectivity index (χ2v) is 5.48. The van der Waals surface area contributed by atoms with Gasteiger partial charge in [0, 0.05) is 13.0 Å². The Balaban J connectivity index is 2.40. The average Bonchev–Trinajstić information content (AvgIpc) is 2.27. The third kappa shape index (κ3) is 3.33. The molecule has 1 rings (SSSR count). The number of carbonyl (C=O) groups is 2. The standard InChI is InChI=1S/C7H12N2O4S/c1-5(10)8-7(11)9-6-2-3-14(12,13)4-6/h6H,2-4H2,1H3,(H2,8,9,10,11)/t6-/m1/s1. The van der Waals surface area contributed by atoms with Crippen molar-refractivity contribution in [1.82, 2.24) is 10.6 Å². The topological polar surface area (TPSA) is 92.3 Å². The number of nitrogens with one attached hydrogen (secondary N) is 2. The maximum atomic E-state index is 11.0. The second kappa shape index (κ2) is 3.95. The maximum Gasteiger partial charge on any atom is 0.321 e. The number of imide groups is 1. The second-order valence-electron chi connectivity index (χ2n) is 3.25. The van der Waals surface area contributed by atoms with Gasteiger partial charge in [0.2, 0.25) is 5.91 Å². The van der Waals surface area contributed by atoms with Crippen molar-refractivity contribution >= 4 is 21.8 Å². The Morgan fingerprint density at radius 2 is 2.00 bits per heavy atom. The normalized spacial score (nSPS) is 24.2. The van der Waals surface area contributed by atoms with Crippen molar-refractivity contribution in [3.63, 3.8) is 0 Å². The van der Waals surface area contributed by atoms with Gasteiger partial charge in [0.1, 0.15) is 0 Å². The van der Waals surface area contributed by atoms with Crippen LogP contribution in [0.5, 0.6) is 0 Å². The van der Waals surface area contributed by atoms with Gasteiger partial charge < -0.3 is 5.32 Å². The first-order chi connectivity index (χ1) is 6.39. The summed E-state index contributed by atoms with van der Waals surface area (Å²) in [6.45, 7) is 1.21. The minimum absolute atomic E-state index is 0.0433. The van der Waals surface area contributed by atoms with Crippen molar-refractivity contribution in [3.05, 3.63) is 0 Å². The predicted octanol–water partition coefficient (Wildman–Crippen LogP) is -0.981. The van der Waals surface area contributed by atoms with Crippen LogP contribution < -0.4 is 10.6 Å². The lowest BCUT2D eigenvalue weighted by Gasteiger charge is -2.09. The van der Waals surface area contributed by atoms with Crippen LogP contribution in [0.1, 0.15) is 13.3 Å². The molecule has 0 aromatic carbocycles. The Hall–Kier alpha value is -1.11. The molecular weight excluding hydrogens is 208 g/mol. The minimum Gasteiger partial charge on any atom is -0.334 e. The highest BCUT2D eigenvalue weighted by Crippen LogP contribution is 2.10. The number of rotatable bonds is 1. The third-order valence-electron chi connectivity index (χ3n) is 1.86. The summed E-state index contributed by atoms with van der Waals surface area (Å²) in [5, 5.41) is 4.43. The molecule has 0 unspecified atom stereocenters. The highest BCUT2D eigenvalue weighted by atomic mass is 32.2. The first kappa shape index (κ1) is 11.0. The zero-order valence-corrected chi connectivity index (χ0v) is 8.56. The van der Waals surface area contributed by atoms with Crippen LogP contribution in [0.4, 0.5) is 4.79 Å². The first-order valence-corrected chi connectivity index (χ1v) is 6.00. The van der Waals surface area contributed by atoms with Crippen molar-refractivity contribution in [1.29, 1.82) is 0 Å². The Bertz CT molecular complexity index is 349. The van der Waals surface area contributed by atoms with Gasteiger partial charge in [0.05, 0.1) is 11.5 Å². The van der Waals surface area contributed by atoms with Gasteiger partial charge in [-0.15, -0.1) is 0 Å². The number of hydrogen-bond acceptors (Lipinski definition) is 4. The molecule has 0 radical (unpaired) electrons. The van der Waals surface area contributed by atoms with E-state index in [-0.39, 0.29) is 17.5 Å². The average molecular weight is 220 g/mol. The zero-order valence-electron chi connectivity index (χ0n) is 7.74. The number of hydrogen-bond donors (Lipinski definition) is 2. The van der Waals surface area contributed by atoms with Crippen molar-refractivity contribution < 1.29 is 18.0 Å². The monoisotopic (exact) mass is 220 g/mol. The highest BCUT2D eigenvalue weighted by molar-refractivity contribution is 7.91. The van der Waals surface area contributed by atoms with E-state index in [0.717, 1.165) is 0 Å². The van der Waals surface area contributed by atoms with Gasteiger partial charge in [-0.2, -0.15) is 0 Å². The summed E-state index contributed by atoms with van der Waals surface area (Å²) in [5.74, 6) is -0.417. The van der Waals surface area contributed by atoms with Crippen molar-refractivity contribution in [3.8, 4) is 0 Å². The van der Waals surface area contributed by atoms with Gasteiger partial charge in [-0.3, -0.25) is 10.1 Å². The van der Waals surface area contributed by atoms with Crippen LogP contribution in [0.15, 0.2) is 0 Å². The molecule has 1 saturated heterocycles. The summed E-state index contributed by atoms with van der Waals surface area (Å²) in [7, 11) is -3.00. The van der Waals surface area contributed by atoms with Crippen molar-refractivity contribution in [2.24, 2.45) is 0 Å². The summed E-state index contributed by atoms with van der Waals surface area (Å²) in [5.41, 5.74) is 0. The lowest BCUT2D eigenvalue weighted by molar-refractivity contribution is -0.117. The van der Waals surface area contributed by atoms with Crippen LogP contribution in [0.3, 0.4) is 0 Å². The molecule has 1 heterocycles. The molecule has 6 nitrogen and oxygen atoms in total. The van der Waals surface area contributed by atoms with Crippen LogP contribution in [-0.2, 0) is 14.6 Å². The summed E-state index contributed by atoms with van der Waals surface area (Å²) in [6.07, 6.45) is 0.410. The lowest BCUT2D eigenvalue weighted by Crippen LogP contribution is -2.44. The summed E-state index contributed by atoms with van der Waals surface area (Å²) >= 11 is 0. The fourth-order valence-corrected chi connectivity index (χ4v) is 2.96. The van der Waals surface area contributed by atoms with Crippen LogP contribution in [0.25, 0.3) is 0 Å². The fourth-order valence-electron chi connectivity index (χ4n) is 1.29. The molecule has 0 aliphatic carbocycles. The van der Waals surface area contributed by atoms with E-state index < -0.39 is 21.8 Å². The number of urea groups is 1. The van der Waals surface area contributed by atoms with Crippen LogP contribution >= 0.6 is 0 Å². The molecule has 1 atom stereocenters. The SMILES string of the molecule is CC(=O)NC(=O)N[C@@H]1CCS(=O)(=O)C1. The van der Waals surface area contributed by atoms with E-state index >= 15 is 0 Å². The van der Waals surface area contributed by atoms with Gasteiger partial charge in [0.25, 0.3) is 0 Å². The maximum absolute atomic E-state index is 11.0. The minimum atomic E-state index is -3.00. The Labute approximate surface area is 82.0 Å². The molecule has 0 spiro atoms. The summed E-state index contributed by atoms with van der Waals surface area (Å²) < 4.78 is 22.0. The van der Waals surface area contributed by atoms with Gasteiger partial charge >= 0.3 is 6.03 Å². The van der Waals surface area contributed by atoms with Crippen LogP contribution in [0.2, 0.25) is 0 Å². The molecule has 2 N–H and O–H groups in total.